The number of fused-ring (bicyclic) bond motifs is 3. The SMILES string of the molecule is CC(C)(C)C1CC2COC1CN2. The average Bonchev–Trinajstić information content (AvgIpc) is 2.05. The van der Waals surface area contributed by atoms with Gasteiger partial charge in [-0.15, -0.1) is 0 Å². The Morgan fingerprint density at radius 2 is 2.08 bits per heavy atom. The average molecular weight is 169 g/mol. The molecule has 3 aliphatic rings. The highest BCUT2D eigenvalue weighted by molar-refractivity contribution is 4.94. The van der Waals surface area contributed by atoms with Crippen LogP contribution in [0.25, 0.3) is 0 Å². The Labute approximate surface area is 74.7 Å². The van der Waals surface area contributed by atoms with Crippen molar-refractivity contribution in [3.8, 4) is 0 Å². The lowest BCUT2D eigenvalue weighted by molar-refractivity contribution is -0.108. The van der Waals surface area contributed by atoms with Crippen LogP contribution in [0.4, 0.5) is 0 Å². The van der Waals surface area contributed by atoms with Crippen LogP contribution in [0, 0.1) is 11.3 Å². The highest BCUT2D eigenvalue weighted by atomic mass is 16.5. The van der Waals surface area contributed by atoms with Gasteiger partial charge in [0, 0.05) is 12.6 Å². The van der Waals surface area contributed by atoms with Gasteiger partial charge in [-0.3, -0.25) is 0 Å². The number of rotatable bonds is 0. The van der Waals surface area contributed by atoms with Gasteiger partial charge >= 0.3 is 0 Å². The molecule has 3 atom stereocenters. The first-order valence-electron chi connectivity index (χ1n) is 4.92. The van der Waals surface area contributed by atoms with E-state index in [4.69, 9.17) is 4.74 Å². The van der Waals surface area contributed by atoms with Crippen molar-refractivity contribution >= 4 is 0 Å². The molecule has 3 fully saturated rings. The van der Waals surface area contributed by atoms with Crippen molar-refractivity contribution in [2.24, 2.45) is 11.3 Å². The van der Waals surface area contributed by atoms with Gasteiger partial charge in [-0.05, 0) is 17.8 Å². The van der Waals surface area contributed by atoms with Crippen LogP contribution in [0.1, 0.15) is 27.2 Å². The van der Waals surface area contributed by atoms with Gasteiger partial charge in [0.15, 0.2) is 0 Å². The van der Waals surface area contributed by atoms with E-state index in [1.54, 1.807) is 0 Å². The highest BCUT2D eigenvalue weighted by Crippen LogP contribution is 2.38. The van der Waals surface area contributed by atoms with Gasteiger partial charge in [0.2, 0.25) is 0 Å². The summed E-state index contributed by atoms with van der Waals surface area (Å²) in [6.07, 6.45) is 1.77. The van der Waals surface area contributed by atoms with Crippen LogP contribution in [0.3, 0.4) is 0 Å². The number of hydrogen-bond acceptors (Lipinski definition) is 2. The number of ether oxygens (including phenoxy) is 1. The van der Waals surface area contributed by atoms with E-state index in [0.29, 0.717) is 17.6 Å². The smallest absolute Gasteiger partial charge is 0.0734 e. The molecule has 0 aliphatic carbocycles. The van der Waals surface area contributed by atoms with Crippen LogP contribution in [0.2, 0.25) is 0 Å². The van der Waals surface area contributed by atoms with Gasteiger partial charge < -0.3 is 10.1 Å². The third-order valence-electron chi connectivity index (χ3n) is 3.22. The van der Waals surface area contributed by atoms with Gasteiger partial charge in [0.05, 0.1) is 12.7 Å². The van der Waals surface area contributed by atoms with Gasteiger partial charge in [0.25, 0.3) is 0 Å². The molecule has 2 heteroatoms. The molecule has 0 aromatic heterocycles. The van der Waals surface area contributed by atoms with Gasteiger partial charge in [-0.2, -0.15) is 0 Å². The minimum Gasteiger partial charge on any atom is -0.375 e. The van der Waals surface area contributed by atoms with E-state index in [2.05, 4.69) is 26.1 Å². The summed E-state index contributed by atoms with van der Waals surface area (Å²) < 4.78 is 5.75. The molecule has 1 N–H and O–H groups in total. The van der Waals surface area contributed by atoms with Crippen LogP contribution >= 0.6 is 0 Å². The van der Waals surface area contributed by atoms with Gasteiger partial charge in [-0.1, -0.05) is 20.8 Å². The summed E-state index contributed by atoms with van der Waals surface area (Å²) in [5.41, 5.74) is 0.408. The molecule has 70 valence electrons. The second-order valence-corrected chi connectivity index (χ2v) is 5.19. The van der Waals surface area contributed by atoms with Crippen molar-refractivity contribution < 1.29 is 4.74 Å². The van der Waals surface area contributed by atoms with Crippen molar-refractivity contribution in [2.45, 2.75) is 39.3 Å². The Morgan fingerprint density at radius 1 is 1.33 bits per heavy atom. The van der Waals surface area contributed by atoms with Gasteiger partial charge in [-0.25, -0.2) is 0 Å². The summed E-state index contributed by atoms with van der Waals surface area (Å²) in [6.45, 7) is 8.95. The van der Waals surface area contributed by atoms with E-state index in [1.165, 1.54) is 6.42 Å². The number of hydrogen-bond donors (Lipinski definition) is 1. The molecule has 12 heavy (non-hydrogen) atoms. The molecule has 0 saturated carbocycles. The molecule has 0 amide bonds. The maximum atomic E-state index is 5.75. The van der Waals surface area contributed by atoms with Crippen molar-refractivity contribution in [1.82, 2.24) is 5.32 Å². The molecule has 3 rings (SSSR count). The zero-order chi connectivity index (χ0) is 8.77. The molecule has 2 bridgehead atoms. The lowest BCUT2D eigenvalue weighted by Gasteiger charge is -2.48. The minimum atomic E-state index is 0.408. The van der Waals surface area contributed by atoms with Crippen LogP contribution in [-0.2, 0) is 4.74 Å². The predicted octanol–water partition coefficient (Wildman–Crippen LogP) is 1.41. The fourth-order valence-corrected chi connectivity index (χ4v) is 2.42. The lowest BCUT2D eigenvalue weighted by atomic mass is 9.71. The number of nitrogens with one attached hydrogen (secondary N) is 1. The summed E-state index contributed by atoms with van der Waals surface area (Å²) >= 11 is 0. The minimum absolute atomic E-state index is 0.408. The Kier molecular flexibility index (Phi) is 1.92. The summed E-state index contributed by atoms with van der Waals surface area (Å²) in [4.78, 5) is 0. The van der Waals surface area contributed by atoms with E-state index in [1.807, 2.05) is 0 Å². The second kappa shape index (κ2) is 2.71. The third-order valence-corrected chi connectivity index (χ3v) is 3.22. The van der Waals surface area contributed by atoms with Crippen LogP contribution in [-0.4, -0.2) is 25.3 Å². The topological polar surface area (TPSA) is 21.3 Å². The first kappa shape index (κ1) is 8.52. The van der Waals surface area contributed by atoms with Crippen molar-refractivity contribution in [3.63, 3.8) is 0 Å². The highest BCUT2D eigenvalue weighted by Gasteiger charge is 2.41. The van der Waals surface area contributed by atoms with Crippen LogP contribution in [0.15, 0.2) is 0 Å². The molecular formula is C10H19NO. The van der Waals surface area contributed by atoms with Crippen molar-refractivity contribution in [2.75, 3.05) is 13.2 Å². The largest absolute Gasteiger partial charge is 0.375 e. The fourth-order valence-electron chi connectivity index (χ4n) is 2.42. The molecule has 3 aliphatic heterocycles. The fraction of sp³-hybridized carbons (Fsp3) is 1.00. The molecule has 3 heterocycles. The monoisotopic (exact) mass is 169 g/mol. The van der Waals surface area contributed by atoms with Gasteiger partial charge in [0.1, 0.15) is 0 Å². The lowest BCUT2D eigenvalue weighted by Crippen LogP contribution is -2.58. The Hall–Kier alpha value is -0.0800. The van der Waals surface area contributed by atoms with Crippen molar-refractivity contribution in [1.29, 1.82) is 0 Å². The standard InChI is InChI=1S/C10H19NO/c1-10(2,3)8-4-7-6-12-9(8)5-11-7/h7-9,11H,4-6H2,1-3H3. The van der Waals surface area contributed by atoms with Crippen LogP contribution in [0.5, 0.6) is 0 Å². The molecule has 2 nitrogen and oxygen atoms in total. The maximum Gasteiger partial charge on any atom is 0.0734 e. The quantitative estimate of drug-likeness (QED) is 0.592. The Morgan fingerprint density at radius 3 is 2.33 bits per heavy atom. The molecule has 3 saturated heterocycles. The molecular weight excluding hydrogens is 150 g/mol. The number of piperidine rings is 1. The van der Waals surface area contributed by atoms with E-state index in [0.717, 1.165) is 19.1 Å². The molecule has 0 aromatic rings. The second-order valence-electron chi connectivity index (χ2n) is 5.19. The molecule has 0 radical (unpaired) electrons. The maximum absolute atomic E-state index is 5.75. The summed E-state index contributed by atoms with van der Waals surface area (Å²) in [5, 5.41) is 3.50. The van der Waals surface area contributed by atoms with Crippen molar-refractivity contribution in [3.05, 3.63) is 0 Å². The molecule has 0 aromatic carbocycles. The summed E-state index contributed by atoms with van der Waals surface area (Å²) in [6, 6.07) is 0.624. The summed E-state index contributed by atoms with van der Waals surface area (Å²) in [5.74, 6) is 0.748. The van der Waals surface area contributed by atoms with E-state index >= 15 is 0 Å². The van der Waals surface area contributed by atoms with Crippen LogP contribution < -0.4 is 5.32 Å². The first-order valence-corrected chi connectivity index (χ1v) is 4.92. The normalized spacial score (nSPS) is 41.8. The Balaban J connectivity index is 2.09. The number of morpholine rings is 1. The first-order chi connectivity index (χ1) is 5.57. The molecule has 3 unspecified atom stereocenters. The predicted molar refractivity (Wildman–Crippen MR) is 49.1 cm³/mol. The zero-order valence-corrected chi connectivity index (χ0v) is 8.26. The summed E-state index contributed by atoms with van der Waals surface area (Å²) in [7, 11) is 0. The third kappa shape index (κ3) is 1.38. The Bertz CT molecular complexity index is 165. The molecule has 0 spiro atoms. The zero-order valence-electron chi connectivity index (χ0n) is 8.26. The van der Waals surface area contributed by atoms with E-state index in [9.17, 15) is 0 Å². The van der Waals surface area contributed by atoms with E-state index < -0.39 is 0 Å². The van der Waals surface area contributed by atoms with E-state index in [-0.39, 0.29) is 0 Å².